The molecule has 0 saturated heterocycles. The minimum Gasteiger partial charge on any atom is -0.326 e. The maximum atomic E-state index is 12.6. The number of carbonyl (C=O) groups excluding carboxylic acids is 2. The lowest BCUT2D eigenvalue weighted by Gasteiger charge is -2.12. The van der Waals surface area contributed by atoms with E-state index in [1.54, 1.807) is 30.3 Å². The van der Waals surface area contributed by atoms with Crippen molar-refractivity contribution in [3.8, 4) is 0 Å². The highest BCUT2D eigenvalue weighted by molar-refractivity contribution is 6.00. The molecule has 6 heteroatoms. The van der Waals surface area contributed by atoms with Crippen LogP contribution in [0.5, 0.6) is 0 Å². The molecule has 1 aromatic heterocycles. The fraction of sp³-hybridized carbons (Fsp3) is 0.263. The van der Waals surface area contributed by atoms with Crippen LogP contribution in [-0.4, -0.2) is 26.8 Å². The van der Waals surface area contributed by atoms with Crippen LogP contribution in [0.3, 0.4) is 0 Å². The molecule has 0 radical (unpaired) electrons. The number of fused-ring (bicyclic) bond motifs is 1. The predicted octanol–water partition coefficient (Wildman–Crippen LogP) is 3.49. The molecule has 25 heavy (non-hydrogen) atoms. The van der Waals surface area contributed by atoms with E-state index in [4.69, 9.17) is 0 Å². The molecule has 0 atom stereocenters. The third-order valence-corrected chi connectivity index (χ3v) is 4.30. The first-order valence-corrected chi connectivity index (χ1v) is 8.40. The Kier molecular flexibility index (Phi) is 4.88. The molecule has 0 aliphatic carbocycles. The van der Waals surface area contributed by atoms with E-state index in [-0.39, 0.29) is 17.7 Å². The second-order valence-electron chi connectivity index (χ2n) is 5.88. The van der Waals surface area contributed by atoms with Crippen molar-refractivity contribution in [2.45, 2.75) is 26.7 Å². The van der Waals surface area contributed by atoms with Crippen molar-refractivity contribution < 1.29 is 9.59 Å². The van der Waals surface area contributed by atoms with Gasteiger partial charge in [-0.1, -0.05) is 31.2 Å². The second-order valence-corrected chi connectivity index (χ2v) is 5.88. The van der Waals surface area contributed by atoms with Gasteiger partial charge >= 0.3 is 0 Å². The summed E-state index contributed by atoms with van der Waals surface area (Å²) >= 11 is 0. The molecule has 3 aromatic rings. The average molecular weight is 336 g/mol. The molecule has 3 rings (SSSR count). The number of nitrogens with zero attached hydrogens (tertiary/aromatic N) is 3. The quantitative estimate of drug-likeness (QED) is 0.773. The van der Waals surface area contributed by atoms with Crippen molar-refractivity contribution in [3.05, 3.63) is 54.1 Å². The van der Waals surface area contributed by atoms with E-state index >= 15 is 0 Å². The lowest BCUT2D eigenvalue weighted by molar-refractivity contribution is -0.120. The van der Waals surface area contributed by atoms with Crippen LogP contribution in [0.1, 0.15) is 37.0 Å². The number of benzene rings is 2. The second kappa shape index (κ2) is 7.25. The Labute approximate surface area is 145 Å². The van der Waals surface area contributed by atoms with Crippen LogP contribution in [-0.2, 0) is 4.79 Å². The highest BCUT2D eigenvalue weighted by Crippen LogP contribution is 2.16. The van der Waals surface area contributed by atoms with E-state index in [2.05, 4.69) is 15.6 Å². The summed E-state index contributed by atoms with van der Waals surface area (Å²) in [5.41, 5.74) is 2.50. The Bertz CT molecular complexity index is 895. The summed E-state index contributed by atoms with van der Waals surface area (Å²) in [5.74, 6) is -0.249. The van der Waals surface area contributed by atoms with E-state index in [1.807, 2.05) is 32.0 Å². The van der Waals surface area contributed by atoms with Gasteiger partial charge in [-0.2, -0.15) is 4.68 Å². The number of carbonyl (C=O) groups is 2. The van der Waals surface area contributed by atoms with Crippen molar-refractivity contribution in [3.63, 3.8) is 0 Å². The fourth-order valence-electron chi connectivity index (χ4n) is 2.74. The molecule has 0 unspecified atom stereocenters. The van der Waals surface area contributed by atoms with Crippen LogP contribution in [0.25, 0.3) is 11.0 Å². The van der Waals surface area contributed by atoms with E-state index < -0.39 is 0 Å². The van der Waals surface area contributed by atoms with Crippen molar-refractivity contribution in [2.24, 2.45) is 5.92 Å². The molecule has 1 amide bonds. The van der Waals surface area contributed by atoms with E-state index in [0.29, 0.717) is 22.3 Å². The molecule has 0 saturated carbocycles. The molecule has 1 heterocycles. The largest absolute Gasteiger partial charge is 0.326 e. The van der Waals surface area contributed by atoms with E-state index in [1.165, 1.54) is 4.68 Å². The minimum absolute atomic E-state index is 0.00261. The van der Waals surface area contributed by atoms with Crippen LogP contribution in [0.15, 0.2) is 48.5 Å². The Morgan fingerprint density at radius 1 is 1.04 bits per heavy atom. The number of hydrogen-bond donors (Lipinski definition) is 1. The SMILES string of the molecule is CCC(CC)C(=O)Nc1ccc(C(=O)n2nnc3ccccc32)cc1. The fourth-order valence-corrected chi connectivity index (χ4v) is 2.74. The summed E-state index contributed by atoms with van der Waals surface area (Å²) in [4.78, 5) is 24.8. The van der Waals surface area contributed by atoms with Crippen molar-refractivity contribution in [2.75, 3.05) is 5.32 Å². The summed E-state index contributed by atoms with van der Waals surface area (Å²) in [6, 6.07) is 14.1. The third-order valence-electron chi connectivity index (χ3n) is 4.30. The summed E-state index contributed by atoms with van der Waals surface area (Å²) in [7, 11) is 0. The highest BCUT2D eigenvalue weighted by atomic mass is 16.2. The van der Waals surface area contributed by atoms with Gasteiger partial charge in [-0.05, 0) is 49.2 Å². The van der Waals surface area contributed by atoms with Gasteiger partial charge in [0.05, 0.1) is 5.52 Å². The van der Waals surface area contributed by atoms with Crippen LogP contribution < -0.4 is 5.32 Å². The van der Waals surface area contributed by atoms with Gasteiger partial charge in [0, 0.05) is 17.2 Å². The van der Waals surface area contributed by atoms with Crippen molar-refractivity contribution in [1.82, 2.24) is 15.0 Å². The summed E-state index contributed by atoms with van der Waals surface area (Å²) < 4.78 is 1.28. The highest BCUT2D eigenvalue weighted by Gasteiger charge is 2.16. The zero-order chi connectivity index (χ0) is 17.8. The predicted molar refractivity (Wildman–Crippen MR) is 96.4 cm³/mol. The molecule has 0 fully saturated rings. The lowest BCUT2D eigenvalue weighted by Crippen LogP contribution is -2.21. The smallest absolute Gasteiger partial charge is 0.280 e. The average Bonchev–Trinajstić information content (AvgIpc) is 3.07. The molecule has 0 spiro atoms. The molecule has 0 bridgehead atoms. The van der Waals surface area contributed by atoms with Crippen molar-refractivity contribution >= 4 is 28.5 Å². The zero-order valence-corrected chi connectivity index (χ0v) is 14.3. The van der Waals surface area contributed by atoms with Gasteiger partial charge in [0.25, 0.3) is 5.91 Å². The monoisotopic (exact) mass is 336 g/mol. The summed E-state index contributed by atoms with van der Waals surface area (Å²) in [6.45, 7) is 4.00. The van der Waals surface area contributed by atoms with Crippen LogP contribution >= 0.6 is 0 Å². The first-order chi connectivity index (χ1) is 12.1. The molecule has 6 nitrogen and oxygen atoms in total. The van der Waals surface area contributed by atoms with Gasteiger partial charge in [-0.15, -0.1) is 5.10 Å². The molecular weight excluding hydrogens is 316 g/mol. The molecule has 1 N–H and O–H groups in total. The van der Waals surface area contributed by atoms with Gasteiger partial charge in [0.2, 0.25) is 5.91 Å². The summed E-state index contributed by atoms with van der Waals surface area (Å²) in [5, 5.41) is 10.8. The number of anilines is 1. The summed E-state index contributed by atoms with van der Waals surface area (Å²) in [6.07, 6.45) is 1.61. The van der Waals surface area contributed by atoms with E-state index in [0.717, 1.165) is 12.8 Å². The molecule has 0 aliphatic heterocycles. The molecule has 128 valence electrons. The van der Waals surface area contributed by atoms with Crippen LogP contribution in [0.4, 0.5) is 5.69 Å². The third kappa shape index (κ3) is 3.42. The van der Waals surface area contributed by atoms with Gasteiger partial charge in [0.1, 0.15) is 5.52 Å². The zero-order valence-electron chi connectivity index (χ0n) is 14.3. The molecule has 2 aromatic carbocycles. The number of hydrogen-bond acceptors (Lipinski definition) is 4. The standard InChI is InChI=1S/C19H20N4O2/c1-3-13(4-2)18(24)20-15-11-9-14(10-12-15)19(25)23-17-8-6-5-7-16(17)21-22-23/h5-13H,3-4H2,1-2H3,(H,20,24). The number of rotatable bonds is 5. The van der Waals surface area contributed by atoms with Gasteiger partial charge < -0.3 is 5.32 Å². The van der Waals surface area contributed by atoms with Crippen LogP contribution in [0.2, 0.25) is 0 Å². The van der Waals surface area contributed by atoms with Gasteiger partial charge in [-0.25, -0.2) is 0 Å². The first-order valence-electron chi connectivity index (χ1n) is 8.40. The maximum absolute atomic E-state index is 12.6. The topological polar surface area (TPSA) is 76.9 Å². The lowest BCUT2D eigenvalue weighted by atomic mass is 10.0. The number of aromatic nitrogens is 3. The van der Waals surface area contributed by atoms with Gasteiger partial charge in [0.15, 0.2) is 0 Å². The minimum atomic E-state index is -0.258. The number of amides is 1. The number of para-hydroxylation sites is 1. The van der Waals surface area contributed by atoms with Crippen molar-refractivity contribution in [1.29, 1.82) is 0 Å². The van der Waals surface area contributed by atoms with Crippen LogP contribution in [0, 0.1) is 5.92 Å². The normalized spacial score (nSPS) is 11.0. The Hall–Kier alpha value is -3.02. The van der Waals surface area contributed by atoms with Gasteiger partial charge in [-0.3, -0.25) is 9.59 Å². The molecule has 0 aliphatic rings. The Morgan fingerprint density at radius 2 is 1.72 bits per heavy atom. The molecular formula is C19H20N4O2. The maximum Gasteiger partial charge on any atom is 0.280 e. The first kappa shape index (κ1) is 16.8. The Morgan fingerprint density at radius 3 is 2.40 bits per heavy atom. The number of nitrogens with one attached hydrogen (secondary N) is 1. The van der Waals surface area contributed by atoms with E-state index in [9.17, 15) is 9.59 Å². The Balaban J connectivity index is 1.78.